The molecule has 0 saturated heterocycles. The van der Waals surface area contributed by atoms with Gasteiger partial charge in [-0.3, -0.25) is 0 Å². The maximum Gasteiger partial charge on any atom is 0.0730 e. The van der Waals surface area contributed by atoms with Gasteiger partial charge in [-0.15, -0.1) is 11.3 Å². The van der Waals surface area contributed by atoms with Crippen molar-refractivity contribution in [3.63, 3.8) is 0 Å². The fourth-order valence-corrected chi connectivity index (χ4v) is 3.54. The van der Waals surface area contributed by atoms with Crippen LogP contribution in [-0.4, -0.2) is 13.7 Å². The fraction of sp³-hybridized carbons (Fsp3) is 0.500. The number of nitrogens with one attached hydrogen (secondary N) is 1. The number of hydrogen-bond donors (Lipinski definition) is 1. The lowest BCUT2D eigenvalue weighted by molar-refractivity contribution is 0.185. The summed E-state index contributed by atoms with van der Waals surface area (Å²) in [5.74, 6) is 0. The minimum Gasteiger partial charge on any atom is -0.380 e. The predicted molar refractivity (Wildman–Crippen MR) is 84.0 cm³/mol. The Hall–Kier alpha value is -0.900. The quantitative estimate of drug-likeness (QED) is 0.800. The first-order chi connectivity index (χ1) is 9.17. The van der Waals surface area contributed by atoms with Crippen molar-refractivity contribution in [2.24, 2.45) is 0 Å². The smallest absolute Gasteiger partial charge is 0.0730 e. The average Bonchev–Trinajstić information content (AvgIpc) is 2.69. The Bertz CT molecular complexity index is 559. The summed E-state index contributed by atoms with van der Waals surface area (Å²) >= 11 is 1.89. The Balaban J connectivity index is 2.41. The third kappa shape index (κ3) is 3.16. The van der Waals surface area contributed by atoms with Crippen LogP contribution in [-0.2, 0) is 17.9 Å². The monoisotopic (exact) mass is 277 g/mol. The van der Waals surface area contributed by atoms with Crippen LogP contribution in [0, 0.1) is 13.8 Å². The molecule has 19 heavy (non-hydrogen) atoms. The molecule has 0 amide bonds. The van der Waals surface area contributed by atoms with Gasteiger partial charge in [0, 0.05) is 28.8 Å². The van der Waals surface area contributed by atoms with E-state index in [4.69, 9.17) is 4.74 Å². The molecule has 104 valence electrons. The van der Waals surface area contributed by atoms with E-state index in [9.17, 15) is 0 Å². The molecule has 3 heteroatoms. The van der Waals surface area contributed by atoms with Crippen LogP contribution < -0.4 is 5.32 Å². The van der Waals surface area contributed by atoms with Gasteiger partial charge >= 0.3 is 0 Å². The molecule has 1 aromatic heterocycles. The zero-order chi connectivity index (χ0) is 13.8. The van der Waals surface area contributed by atoms with Gasteiger partial charge in [-0.05, 0) is 55.5 Å². The molecule has 0 aliphatic carbocycles. The lowest BCUT2D eigenvalue weighted by atomic mass is 10.0. The van der Waals surface area contributed by atoms with Crippen molar-refractivity contribution in [3.8, 4) is 0 Å². The van der Waals surface area contributed by atoms with Crippen molar-refractivity contribution in [3.05, 3.63) is 33.7 Å². The molecule has 2 aromatic rings. The van der Waals surface area contributed by atoms with Gasteiger partial charge in [0.25, 0.3) is 0 Å². The van der Waals surface area contributed by atoms with Crippen molar-refractivity contribution in [2.75, 3.05) is 13.7 Å². The average molecular weight is 277 g/mol. The van der Waals surface area contributed by atoms with Gasteiger partial charge in [0.2, 0.25) is 0 Å². The Morgan fingerprint density at radius 1 is 1.21 bits per heavy atom. The summed E-state index contributed by atoms with van der Waals surface area (Å²) in [4.78, 5) is 1.41. The SMILES string of the molecule is CCCNCc1sc2cc(C)c(C)cc2c1COC. The number of benzene rings is 1. The summed E-state index contributed by atoms with van der Waals surface area (Å²) in [6.45, 7) is 9.27. The van der Waals surface area contributed by atoms with E-state index in [-0.39, 0.29) is 0 Å². The maximum absolute atomic E-state index is 5.39. The summed E-state index contributed by atoms with van der Waals surface area (Å²) in [6, 6.07) is 4.61. The van der Waals surface area contributed by atoms with Gasteiger partial charge < -0.3 is 10.1 Å². The zero-order valence-corrected chi connectivity index (χ0v) is 13.1. The Labute approximate surface area is 119 Å². The normalized spacial score (nSPS) is 11.4. The summed E-state index contributed by atoms with van der Waals surface area (Å²) in [6.07, 6.45) is 1.17. The van der Waals surface area contributed by atoms with E-state index in [1.807, 2.05) is 11.3 Å². The van der Waals surface area contributed by atoms with Crippen LogP contribution in [0.3, 0.4) is 0 Å². The molecular weight excluding hydrogens is 254 g/mol. The molecule has 0 spiro atoms. The van der Waals surface area contributed by atoms with E-state index in [0.717, 1.165) is 13.1 Å². The van der Waals surface area contributed by atoms with Gasteiger partial charge in [-0.2, -0.15) is 0 Å². The third-order valence-corrected chi connectivity index (χ3v) is 4.69. The van der Waals surface area contributed by atoms with E-state index in [1.54, 1.807) is 7.11 Å². The molecular formula is C16H23NOS. The number of rotatable bonds is 6. The van der Waals surface area contributed by atoms with Crippen molar-refractivity contribution in [1.29, 1.82) is 0 Å². The molecule has 0 radical (unpaired) electrons. The van der Waals surface area contributed by atoms with Gasteiger partial charge in [0.15, 0.2) is 0 Å². The van der Waals surface area contributed by atoms with E-state index < -0.39 is 0 Å². The van der Waals surface area contributed by atoms with Crippen LogP contribution >= 0.6 is 11.3 Å². The Morgan fingerprint density at radius 3 is 2.63 bits per heavy atom. The highest BCUT2D eigenvalue weighted by Gasteiger charge is 2.12. The lowest BCUT2D eigenvalue weighted by Gasteiger charge is -2.05. The topological polar surface area (TPSA) is 21.3 Å². The molecule has 0 aliphatic heterocycles. The van der Waals surface area contributed by atoms with E-state index in [0.29, 0.717) is 6.61 Å². The second kappa shape index (κ2) is 6.51. The number of aryl methyl sites for hydroxylation is 2. The first-order valence-electron chi connectivity index (χ1n) is 6.88. The highest BCUT2D eigenvalue weighted by atomic mass is 32.1. The number of ether oxygens (including phenoxy) is 1. The highest BCUT2D eigenvalue weighted by molar-refractivity contribution is 7.19. The zero-order valence-electron chi connectivity index (χ0n) is 12.3. The number of fused-ring (bicyclic) bond motifs is 1. The molecule has 0 bridgehead atoms. The standard InChI is InChI=1S/C16H23NOS/c1-5-6-17-9-16-14(10-18-4)13-7-11(2)12(3)8-15(13)19-16/h7-8,17H,5-6,9-10H2,1-4H3. The minimum absolute atomic E-state index is 0.700. The van der Waals surface area contributed by atoms with Crippen molar-refractivity contribution < 1.29 is 4.74 Å². The Kier molecular flexibility index (Phi) is 4.97. The minimum atomic E-state index is 0.700. The molecule has 1 N–H and O–H groups in total. The van der Waals surface area contributed by atoms with Gasteiger partial charge in [-0.25, -0.2) is 0 Å². The van der Waals surface area contributed by atoms with Crippen molar-refractivity contribution in [1.82, 2.24) is 5.32 Å². The molecule has 0 fully saturated rings. The molecule has 0 unspecified atom stereocenters. The fourth-order valence-electron chi connectivity index (χ4n) is 2.28. The molecule has 1 aromatic carbocycles. The van der Waals surface area contributed by atoms with E-state index in [2.05, 4.69) is 38.2 Å². The number of hydrogen-bond acceptors (Lipinski definition) is 3. The van der Waals surface area contributed by atoms with Crippen LogP contribution in [0.25, 0.3) is 10.1 Å². The van der Waals surface area contributed by atoms with Crippen LogP contribution in [0.1, 0.15) is 34.9 Å². The summed E-state index contributed by atoms with van der Waals surface area (Å²) in [5, 5.41) is 4.86. The summed E-state index contributed by atoms with van der Waals surface area (Å²) in [7, 11) is 1.77. The highest BCUT2D eigenvalue weighted by Crippen LogP contribution is 2.33. The second-order valence-corrected chi connectivity index (χ2v) is 6.18. The van der Waals surface area contributed by atoms with Crippen LogP contribution in [0.4, 0.5) is 0 Å². The molecule has 0 saturated carbocycles. The van der Waals surface area contributed by atoms with Crippen LogP contribution in [0.2, 0.25) is 0 Å². The van der Waals surface area contributed by atoms with E-state index >= 15 is 0 Å². The number of thiophene rings is 1. The summed E-state index contributed by atoms with van der Waals surface area (Å²) < 4.78 is 6.77. The number of methoxy groups -OCH3 is 1. The molecule has 1 heterocycles. The van der Waals surface area contributed by atoms with Gasteiger partial charge in [0.05, 0.1) is 6.61 Å². The largest absolute Gasteiger partial charge is 0.380 e. The molecule has 0 aliphatic rings. The van der Waals surface area contributed by atoms with Gasteiger partial charge in [-0.1, -0.05) is 6.92 Å². The van der Waals surface area contributed by atoms with Crippen LogP contribution in [0.5, 0.6) is 0 Å². The third-order valence-electron chi connectivity index (χ3n) is 3.49. The first-order valence-corrected chi connectivity index (χ1v) is 7.70. The molecule has 0 atom stereocenters. The van der Waals surface area contributed by atoms with Gasteiger partial charge in [0.1, 0.15) is 0 Å². The maximum atomic E-state index is 5.39. The summed E-state index contributed by atoms with van der Waals surface area (Å²) in [5.41, 5.74) is 4.08. The van der Waals surface area contributed by atoms with E-state index in [1.165, 1.54) is 38.1 Å². The molecule has 2 rings (SSSR count). The van der Waals surface area contributed by atoms with Crippen molar-refractivity contribution in [2.45, 2.75) is 40.3 Å². The lowest BCUT2D eigenvalue weighted by Crippen LogP contribution is -2.13. The molecule has 2 nitrogen and oxygen atoms in total. The van der Waals surface area contributed by atoms with Crippen molar-refractivity contribution >= 4 is 21.4 Å². The second-order valence-electron chi connectivity index (χ2n) is 5.05. The Morgan fingerprint density at radius 2 is 1.95 bits per heavy atom. The predicted octanol–water partition coefficient (Wildman–Crippen LogP) is 4.16. The van der Waals surface area contributed by atoms with Crippen LogP contribution in [0.15, 0.2) is 12.1 Å². The first kappa shape index (κ1) is 14.5.